The molecule has 1 saturated carbocycles. The Morgan fingerprint density at radius 1 is 1.11 bits per heavy atom. The molecule has 3 aromatic rings. The largest absolute Gasteiger partial charge is 0.496 e. The highest BCUT2D eigenvalue weighted by Crippen LogP contribution is 2.33. The van der Waals surface area contributed by atoms with Gasteiger partial charge in [0.2, 0.25) is 0 Å². The molecular weight excluding hydrogens is 434 g/mol. The molecule has 1 N–H and O–H groups in total. The van der Waals surface area contributed by atoms with Gasteiger partial charge in [-0.25, -0.2) is 4.98 Å². The Kier molecular flexibility index (Phi) is 8.05. The molecule has 0 amide bonds. The van der Waals surface area contributed by atoms with Gasteiger partial charge in [-0.3, -0.25) is 4.98 Å². The lowest BCUT2D eigenvalue weighted by Gasteiger charge is -2.20. The molecule has 4 rings (SSSR count). The van der Waals surface area contributed by atoms with Gasteiger partial charge < -0.3 is 14.8 Å². The maximum atomic E-state index is 5.63. The zero-order chi connectivity index (χ0) is 24.6. The van der Waals surface area contributed by atoms with Crippen molar-refractivity contribution in [2.45, 2.75) is 51.0 Å². The Morgan fingerprint density at radius 3 is 2.69 bits per heavy atom. The maximum absolute atomic E-state index is 5.63. The first-order chi connectivity index (χ1) is 17.2. The molecule has 1 fully saturated rings. The van der Waals surface area contributed by atoms with Crippen LogP contribution in [0.5, 0.6) is 5.75 Å². The van der Waals surface area contributed by atoms with Gasteiger partial charge in [0.25, 0.3) is 0 Å². The standard InChI is InChI=1S/C30H33N3O2.H2/c1-5-25(28-19-30(34-4)24-13-8-9-14-27(24)33-28)32-23-12-10-11-21(15-17-23)26-18-16-22(20-31-26)29(6-2)35-7-3;/h8-9,13-14,16,18-21,23,32H,1-2,7,10-12,15,17H2,3-4H3;1H. The van der Waals surface area contributed by atoms with Crippen molar-refractivity contribution >= 4 is 22.4 Å². The van der Waals surface area contributed by atoms with E-state index in [1.165, 1.54) is 0 Å². The van der Waals surface area contributed by atoms with Crippen molar-refractivity contribution in [1.29, 1.82) is 0 Å². The molecule has 1 aliphatic rings. The zero-order valence-electron chi connectivity index (χ0n) is 20.6. The van der Waals surface area contributed by atoms with Crippen LogP contribution in [0.2, 0.25) is 0 Å². The SMILES string of the molecule is C=C=C(OCC)c1ccc(C2CCCC(NC(=C=C)c3cc(OC)c4ccccc4n3)CC2)nc1.[HH]. The summed E-state index contributed by atoms with van der Waals surface area (Å²) in [5.74, 6) is 1.89. The van der Waals surface area contributed by atoms with Crippen LogP contribution >= 0.6 is 0 Å². The van der Waals surface area contributed by atoms with E-state index < -0.39 is 0 Å². The molecule has 35 heavy (non-hydrogen) atoms. The van der Waals surface area contributed by atoms with E-state index in [0.717, 1.165) is 71.4 Å². The molecule has 0 spiro atoms. The number of aromatic nitrogens is 2. The van der Waals surface area contributed by atoms with Crippen LogP contribution in [0.4, 0.5) is 0 Å². The lowest BCUT2D eigenvalue weighted by molar-refractivity contribution is 0.298. The van der Waals surface area contributed by atoms with E-state index in [0.29, 0.717) is 24.3 Å². The third-order valence-electron chi connectivity index (χ3n) is 6.56. The summed E-state index contributed by atoms with van der Waals surface area (Å²) in [5, 5.41) is 4.66. The third-order valence-corrected chi connectivity index (χ3v) is 6.56. The van der Waals surface area contributed by atoms with E-state index >= 15 is 0 Å². The molecule has 0 bridgehead atoms. The third kappa shape index (κ3) is 5.66. The van der Waals surface area contributed by atoms with Crippen LogP contribution in [0, 0.1) is 0 Å². The number of pyridine rings is 2. The second-order valence-corrected chi connectivity index (χ2v) is 8.74. The van der Waals surface area contributed by atoms with Crippen molar-refractivity contribution < 1.29 is 10.9 Å². The Labute approximate surface area is 209 Å². The quantitative estimate of drug-likeness (QED) is 0.221. The van der Waals surface area contributed by atoms with E-state index in [1.54, 1.807) is 7.11 Å². The summed E-state index contributed by atoms with van der Waals surface area (Å²) >= 11 is 0. The molecular formula is C30H35N3O2. The second-order valence-electron chi connectivity index (χ2n) is 8.74. The fourth-order valence-corrected chi connectivity index (χ4v) is 4.76. The van der Waals surface area contributed by atoms with Crippen molar-refractivity contribution in [3.63, 3.8) is 0 Å². The van der Waals surface area contributed by atoms with Gasteiger partial charge in [0, 0.05) is 42.3 Å². The number of fused-ring (bicyclic) bond motifs is 1. The van der Waals surface area contributed by atoms with Crippen LogP contribution < -0.4 is 10.1 Å². The van der Waals surface area contributed by atoms with Gasteiger partial charge in [-0.15, -0.1) is 5.73 Å². The molecule has 0 aliphatic heterocycles. The first-order valence-corrected chi connectivity index (χ1v) is 12.3. The first kappa shape index (κ1) is 24.3. The van der Waals surface area contributed by atoms with Crippen LogP contribution in [0.15, 0.2) is 73.3 Å². The highest BCUT2D eigenvalue weighted by Gasteiger charge is 2.22. The van der Waals surface area contributed by atoms with Gasteiger partial charge >= 0.3 is 0 Å². The van der Waals surface area contributed by atoms with Crippen LogP contribution in [-0.4, -0.2) is 29.7 Å². The Morgan fingerprint density at radius 2 is 1.97 bits per heavy atom. The average molecular weight is 470 g/mol. The fourth-order valence-electron chi connectivity index (χ4n) is 4.76. The predicted octanol–water partition coefficient (Wildman–Crippen LogP) is 6.88. The molecule has 0 saturated heterocycles. The lowest BCUT2D eigenvalue weighted by Crippen LogP contribution is -2.27. The molecule has 2 atom stereocenters. The first-order valence-electron chi connectivity index (χ1n) is 12.3. The van der Waals surface area contributed by atoms with Crippen molar-refractivity contribution in [3.8, 4) is 5.75 Å². The number of rotatable bonds is 8. The molecule has 5 heteroatoms. The zero-order valence-corrected chi connectivity index (χ0v) is 20.6. The van der Waals surface area contributed by atoms with E-state index in [1.807, 2.05) is 43.5 Å². The minimum Gasteiger partial charge on any atom is -0.496 e. The lowest BCUT2D eigenvalue weighted by atomic mass is 9.95. The van der Waals surface area contributed by atoms with Gasteiger partial charge in [0.1, 0.15) is 11.4 Å². The second kappa shape index (κ2) is 11.6. The number of nitrogens with one attached hydrogen (secondary N) is 1. The number of para-hydroxylation sites is 1. The summed E-state index contributed by atoms with van der Waals surface area (Å²) in [5.41, 5.74) is 10.5. The monoisotopic (exact) mass is 469 g/mol. The molecule has 182 valence electrons. The predicted molar refractivity (Wildman–Crippen MR) is 144 cm³/mol. The highest BCUT2D eigenvalue weighted by atomic mass is 16.5. The summed E-state index contributed by atoms with van der Waals surface area (Å²) in [6.07, 6.45) is 7.31. The van der Waals surface area contributed by atoms with Gasteiger partial charge in [-0.05, 0) is 56.9 Å². The minimum absolute atomic E-state index is 0. The average Bonchev–Trinajstić information content (AvgIpc) is 3.15. The van der Waals surface area contributed by atoms with E-state index in [-0.39, 0.29) is 1.43 Å². The Balaban J connectivity index is 0.00000361. The van der Waals surface area contributed by atoms with Gasteiger partial charge in [0.15, 0.2) is 5.76 Å². The maximum Gasteiger partial charge on any atom is 0.170 e. The summed E-state index contributed by atoms with van der Waals surface area (Å²) in [7, 11) is 1.69. The van der Waals surface area contributed by atoms with Crippen LogP contribution in [-0.2, 0) is 4.74 Å². The van der Waals surface area contributed by atoms with Crippen molar-refractivity contribution in [3.05, 3.63) is 90.2 Å². The number of ether oxygens (including phenoxy) is 2. The van der Waals surface area contributed by atoms with Crippen LogP contribution in [0.1, 0.15) is 63.3 Å². The number of hydrogen-bond donors (Lipinski definition) is 1. The smallest absolute Gasteiger partial charge is 0.170 e. The van der Waals surface area contributed by atoms with Crippen molar-refractivity contribution in [1.82, 2.24) is 15.3 Å². The van der Waals surface area contributed by atoms with E-state index in [9.17, 15) is 0 Å². The molecule has 1 aromatic carbocycles. The summed E-state index contributed by atoms with van der Waals surface area (Å²) in [4.78, 5) is 9.59. The molecule has 5 nitrogen and oxygen atoms in total. The minimum atomic E-state index is 0. The van der Waals surface area contributed by atoms with Crippen molar-refractivity contribution in [2.24, 2.45) is 0 Å². The number of benzene rings is 1. The van der Waals surface area contributed by atoms with Crippen molar-refractivity contribution in [2.75, 3.05) is 13.7 Å². The van der Waals surface area contributed by atoms with Crippen LogP contribution in [0.25, 0.3) is 22.4 Å². The van der Waals surface area contributed by atoms with E-state index in [4.69, 9.17) is 19.4 Å². The molecule has 2 aromatic heterocycles. The van der Waals surface area contributed by atoms with Gasteiger partial charge in [-0.2, -0.15) is 0 Å². The molecule has 2 heterocycles. The van der Waals surface area contributed by atoms with Gasteiger partial charge in [-0.1, -0.05) is 37.4 Å². The Bertz CT molecular complexity index is 1280. The summed E-state index contributed by atoms with van der Waals surface area (Å²) < 4.78 is 11.2. The number of hydrogen-bond acceptors (Lipinski definition) is 5. The van der Waals surface area contributed by atoms with Gasteiger partial charge in [0.05, 0.1) is 24.9 Å². The normalized spacial score (nSPS) is 17.5. The topological polar surface area (TPSA) is 56.3 Å². The summed E-state index contributed by atoms with van der Waals surface area (Å²) in [6.45, 7) is 10.2. The Hall–Kier alpha value is -3.78. The van der Waals surface area contributed by atoms with E-state index in [2.05, 4.69) is 42.1 Å². The van der Waals surface area contributed by atoms with Crippen LogP contribution in [0.3, 0.4) is 0 Å². The molecule has 1 aliphatic carbocycles. The number of nitrogens with zero attached hydrogens (tertiary/aromatic N) is 2. The highest BCUT2D eigenvalue weighted by molar-refractivity contribution is 5.87. The molecule has 0 radical (unpaired) electrons. The fraction of sp³-hybridized carbons (Fsp3) is 0.333. The summed E-state index contributed by atoms with van der Waals surface area (Å²) in [6, 6.07) is 14.5. The number of methoxy groups -OCH3 is 1. The molecule has 2 unspecified atom stereocenters.